The summed E-state index contributed by atoms with van der Waals surface area (Å²) in [6.07, 6.45) is 0.791. The second kappa shape index (κ2) is 7.76. The quantitative estimate of drug-likeness (QED) is 0.588. The zero-order chi connectivity index (χ0) is 11.0. The van der Waals surface area contributed by atoms with Crippen LogP contribution in [-0.2, 0) is 9.53 Å². The maximum Gasteiger partial charge on any atom is 0.309 e. The number of aliphatic hydroxyl groups is 1. The van der Waals surface area contributed by atoms with Gasteiger partial charge in [-0.25, -0.2) is 0 Å². The smallest absolute Gasteiger partial charge is 0.309 e. The SMILES string of the molecule is COC(=O)C(C)CNCC(C)CCO. The molecule has 2 unspecified atom stereocenters. The molecule has 2 atom stereocenters. The van der Waals surface area contributed by atoms with E-state index in [1.165, 1.54) is 7.11 Å². The van der Waals surface area contributed by atoms with Gasteiger partial charge in [0.2, 0.25) is 0 Å². The van der Waals surface area contributed by atoms with Gasteiger partial charge in [0, 0.05) is 13.2 Å². The fourth-order valence-corrected chi connectivity index (χ4v) is 1.15. The van der Waals surface area contributed by atoms with E-state index in [4.69, 9.17) is 5.11 Å². The molecule has 0 bridgehead atoms. The van der Waals surface area contributed by atoms with E-state index in [-0.39, 0.29) is 18.5 Å². The Labute approximate surface area is 85.6 Å². The Kier molecular flexibility index (Phi) is 7.42. The maximum atomic E-state index is 11.0. The highest BCUT2D eigenvalue weighted by atomic mass is 16.5. The van der Waals surface area contributed by atoms with Crippen LogP contribution in [0.15, 0.2) is 0 Å². The third-order valence-corrected chi connectivity index (χ3v) is 2.17. The Morgan fingerprint density at radius 1 is 1.43 bits per heavy atom. The van der Waals surface area contributed by atoms with E-state index in [9.17, 15) is 4.79 Å². The Hall–Kier alpha value is -0.610. The molecule has 2 N–H and O–H groups in total. The summed E-state index contributed by atoms with van der Waals surface area (Å²) in [5.41, 5.74) is 0. The average Bonchev–Trinajstić information content (AvgIpc) is 2.16. The first-order chi connectivity index (χ1) is 6.61. The highest BCUT2D eigenvalue weighted by Gasteiger charge is 2.12. The zero-order valence-corrected chi connectivity index (χ0v) is 9.25. The van der Waals surface area contributed by atoms with Crippen molar-refractivity contribution in [3.8, 4) is 0 Å². The largest absolute Gasteiger partial charge is 0.469 e. The lowest BCUT2D eigenvalue weighted by Crippen LogP contribution is -2.30. The minimum absolute atomic E-state index is 0.110. The van der Waals surface area contributed by atoms with Gasteiger partial charge >= 0.3 is 5.97 Å². The molecule has 0 aromatic heterocycles. The maximum absolute atomic E-state index is 11.0. The average molecular weight is 203 g/mol. The van der Waals surface area contributed by atoms with Crippen molar-refractivity contribution < 1.29 is 14.6 Å². The van der Waals surface area contributed by atoms with E-state index in [1.807, 2.05) is 6.92 Å². The molecule has 0 rings (SSSR count). The number of rotatable bonds is 7. The summed E-state index contributed by atoms with van der Waals surface area (Å²) in [4.78, 5) is 11.0. The number of hydrogen-bond acceptors (Lipinski definition) is 4. The molecule has 0 spiro atoms. The Bertz CT molecular complexity index is 161. The molecule has 14 heavy (non-hydrogen) atoms. The number of ether oxygens (including phenoxy) is 1. The molecule has 0 radical (unpaired) electrons. The van der Waals surface area contributed by atoms with Crippen molar-refractivity contribution in [3.05, 3.63) is 0 Å². The molecule has 0 heterocycles. The number of carbonyl (C=O) groups is 1. The van der Waals surface area contributed by atoms with Gasteiger partial charge in [0.15, 0.2) is 0 Å². The number of nitrogens with one attached hydrogen (secondary N) is 1. The summed E-state index contributed by atoms with van der Waals surface area (Å²) in [6.45, 7) is 5.56. The van der Waals surface area contributed by atoms with Crippen molar-refractivity contribution in [2.75, 3.05) is 26.8 Å². The summed E-state index contributed by atoms with van der Waals surface area (Å²) in [5.74, 6) is 0.137. The number of esters is 1. The van der Waals surface area contributed by atoms with Gasteiger partial charge in [-0.05, 0) is 18.9 Å². The highest BCUT2D eigenvalue weighted by Crippen LogP contribution is 2.00. The predicted molar refractivity (Wildman–Crippen MR) is 54.9 cm³/mol. The van der Waals surface area contributed by atoms with Crippen molar-refractivity contribution >= 4 is 5.97 Å². The summed E-state index contributed by atoms with van der Waals surface area (Å²) in [6, 6.07) is 0. The van der Waals surface area contributed by atoms with Crippen LogP contribution >= 0.6 is 0 Å². The number of carbonyl (C=O) groups excluding carboxylic acids is 1. The minimum Gasteiger partial charge on any atom is -0.469 e. The second-order valence-corrected chi connectivity index (χ2v) is 3.70. The first-order valence-corrected chi connectivity index (χ1v) is 5.01. The molecule has 0 aliphatic heterocycles. The van der Waals surface area contributed by atoms with Crippen LogP contribution < -0.4 is 5.32 Å². The second-order valence-electron chi connectivity index (χ2n) is 3.70. The van der Waals surface area contributed by atoms with E-state index >= 15 is 0 Å². The molecule has 0 fully saturated rings. The molecular formula is C10H21NO3. The number of hydrogen-bond donors (Lipinski definition) is 2. The van der Waals surface area contributed by atoms with Crippen LogP contribution in [0.3, 0.4) is 0 Å². The van der Waals surface area contributed by atoms with Crippen LogP contribution in [0.25, 0.3) is 0 Å². The molecule has 0 saturated carbocycles. The normalized spacial score (nSPS) is 14.9. The summed E-state index contributed by atoms with van der Waals surface area (Å²) in [7, 11) is 1.40. The van der Waals surface area contributed by atoms with E-state index in [1.54, 1.807) is 0 Å². The van der Waals surface area contributed by atoms with Crippen LogP contribution in [0.1, 0.15) is 20.3 Å². The van der Waals surface area contributed by atoms with Gasteiger partial charge in [0.25, 0.3) is 0 Å². The van der Waals surface area contributed by atoms with Crippen LogP contribution in [0.2, 0.25) is 0 Å². The predicted octanol–water partition coefficient (Wildman–Crippen LogP) is 0.404. The molecule has 4 heteroatoms. The summed E-state index contributed by atoms with van der Waals surface area (Å²) >= 11 is 0. The van der Waals surface area contributed by atoms with E-state index in [0.717, 1.165) is 13.0 Å². The molecule has 0 saturated heterocycles. The molecular weight excluding hydrogens is 182 g/mol. The monoisotopic (exact) mass is 203 g/mol. The third kappa shape index (κ3) is 5.94. The van der Waals surface area contributed by atoms with Crippen molar-refractivity contribution in [2.24, 2.45) is 11.8 Å². The lowest BCUT2D eigenvalue weighted by molar-refractivity contribution is -0.144. The zero-order valence-electron chi connectivity index (χ0n) is 9.25. The van der Waals surface area contributed by atoms with Gasteiger partial charge in [0.1, 0.15) is 0 Å². The number of aliphatic hydroxyl groups excluding tert-OH is 1. The first kappa shape index (κ1) is 13.4. The van der Waals surface area contributed by atoms with Gasteiger partial charge in [0.05, 0.1) is 13.0 Å². The number of methoxy groups -OCH3 is 1. The fourth-order valence-electron chi connectivity index (χ4n) is 1.15. The van der Waals surface area contributed by atoms with Crippen LogP contribution in [0.4, 0.5) is 0 Å². The molecule has 84 valence electrons. The summed E-state index contributed by atoms with van der Waals surface area (Å²) in [5, 5.41) is 11.8. The Morgan fingerprint density at radius 2 is 2.07 bits per heavy atom. The molecule has 0 aliphatic carbocycles. The van der Waals surface area contributed by atoms with Gasteiger partial charge in [-0.15, -0.1) is 0 Å². The lowest BCUT2D eigenvalue weighted by Gasteiger charge is -2.13. The highest BCUT2D eigenvalue weighted by molar-refractivity contribution is 5.71. The molecule has 0 aliphatic rings. The van der Waals surface area contributed by atoms with E-state index in [2.05, 4.69) is 17.0 Å². The first-order valence-electron chi connectivity index (χ1n) is 5.01. The van der Waals surface area contributed by atoms with E-state index < -0.39 is 0 Å². The van der Waals surface area contributed by atoms with Gasteiger partial charge in [-0.3, -0.25) is 4.79 Å². The third-order valence-electron chi connectivity index (χ3n) is 2.17. The molecule has 0 aromatic rings. The van der Waals surface area contributed by atoms with Gasteiger partial charge < -0.3 is 15.2 Å². The van der Waals surface area contributed by atoms with Crippen molar-refractivity contribution in [1.29, 1.82) is 0 Å². The molecule has 0 aromatic carbocycles. The fraction of sp³-hybridized carbons (Fsp3) is 0.900. The van der Waals surface area contributed by atoms with E-state index in [0.29, 0.717) is 12.5 Å². The van der Waals surface area contributed by atoms with Gasteiger partial charge in [-0.2, -0.15) is 0 Å². The topological polar surface area (TPSA) is 58.6 Å². The summed E-state index contributed by atoms with van der Waals surface area (Å²) < 4.78 is 4.60. The van der Waals surface area contributed by atoms with Crippen molar-refractivity contribution in [2.45, 2.75) is 20.3 Å². The lowest BCUT2D eigenvalue weighted by atomic mass is 10.1. The Morgan fingerprint density at radius 3 is 2.57 bits per heavy atom. The van der Waals surface area contributed by atoms with Crippen molar-refractivity contribution in [1.82, 2.24) is 5.32 Å². The standard InChI is InChI=1S/C10H21NO3/c1-8(4-5-12)6-11-7-9(2)10(13)14-3/h8-9,11-12H,4-7H2,1-3H3. The van der Waals surface area contributed by atoms with Crippen LogP contribution in [-0.4, -0.2) is 37.9 Å². The minimum atomic E-state index is -0.188. The van der Waals surface area contributed by atoms with Crippen LogP contribution in [0.5, 0.6) is 0 Å². The van der Waals surface area contributed by atoms with Gasteiger partial charge in [-0.1, -0.05) is 13.8 Å². The molecule has 4 nitrogen and oxygen atoms in total. The van der Waals surface area contributed by atoms with Crippen molar-refractivity contribution in [3.63, 3.8) is 0 Å². The molecule has 0 amide bonds. The Balaban J connectivity index is 3.48. The van der Waals surface area contributed by atoms with Crippen LogP contribution in [0, 0.1) is 11.8 Å².